The molecule has 0 bridgehead atoms. The largest absolute Gasteiger partial charge is 0.352 e. The summed E-state index contributed by atoms with van der Waals surface area (Å²) in [6, 6.07) is 7.36. The van der Waals surface area contributed by atoms with Crippen LogP contribution >= 0.6 is 0 Å². The van der Waals surface area contributed by atoms with Crippen molar-refractivity contribution in [1.82, 2.24) is 20.2 Å². The van der Waals surface area contributed by atoms with Gasteiger partial charge in [0.2, 0.25) is 5.91 Å². The lowest BCUT2D eigenvalue weighted by molar-refractivity contribution is -0.121. The van der Waals surface area contributed by atoms with Gasteiger partial charge in [0.05, 0.1) is 10.9 Å². The maximum absolute atomic E-state index is 12.2. The van der Waals surface area contributed by atoms with Crippen molar-refractivity contribution < 1.29 is 4.79 Å². The van der Waals surface area contributed by atoms with Crippen LogP contribution in [0.15, 0.2) is 29.1 Å². The van der Waals surface area contributed by atoms with E-state index >= 15 is 0 Å². The number of amides is 1. The minimum absolute atomic E-state index is 0.00151. The lowest BCUT2D eigenvalue weighted by Gasteiger charge is -2.32. The van der Waals surface area contributed by atoms with Crippen LogP contribution < -0.4 is 10.9 Å². The van der Waals surface area contributed by atoms with E-state index in [1.807, 2.05) is 25.1 Å². The Balaban J connectivity index is 1.50. The molecule has 0 aliphatic carbocycles. The van der Waals surface area contributed by atoms with Crippen LogP contribution in [0.5, 0.6) is 0 Å². The summed E-state index contributed by atoms with van der Waals surface area (Å²) in [6.45, 7) is 7.45. The van der Waals surface area contributed by atoms with Gasteiger partial charge < -0.3 is 15.2 Å². The molecule has 2 atom stereocenters. The highest BCUT2D eigenvalue weighted by Crippen LogP contribution is 2.15. The molecular weight excluding hydrogens is 328 g/mol. The van der Waals surface area contributed by atoms with E-state index < -0.39 is 0 Å². The summed E-state index contributed by atoms with van der Waals surface area (Å²) < 4.78 is 0. The highest BCUT2D eigenvalue weighted by molar-refractivity contribution is 5.78. The van der Waals surface area contributed by atoms with Crippen molar-refractivity contribution in [1.29, 1.82) is 0 Å². The molecule has 1 aliphatic heterocycles. The molecule has 2 N–H and O–H groups in total. The van der Waals surface area contributed by atoms with E-state index in [1.165, 1.54) is 12.8 Å². The molecule has 0 saturated carbocycles. The fourth-order valence-electron chi connectivity index (χ4n) is 3.72. The first-order valence-corrected chi connectivity index (χ1v) is 9.51. The molecule has 6 heteroatoms. The number of aromatic amines is 1. The number of likely N-dealkylation sites (tertiary alicyclic amines) is 1. The number of carbonyl (C=O) groups excluding carboxylic acids is 1. The predicted molar refractivity (Wildman–Crippen MR) is 103 cm³/mol. The number of carbonyl (C=O) groups is 1. The zero-order valence-electron chi connectivity index (χ0n) is 15.6. The van der Waals surface area contributed by atoms with Gasteiger partial charge in [-0.15, -0.1) is 0 Å². The van der Waals surface area contributed by atoms with Crippen LogP contribution in [-0.4, -0.2) is 46.5 Å². The van der Waals surface area contributed by atoms with Crippen molar-refractivity contribution in [2.24, 2.45) is 5.92 Å². The molecule has 1 saturated heterocycles. The Kier molecular flexibility index (Phi) is 6.04. The third-order valence-electron chi connectivity index (χ3n) is 4.93. The topological polar surface area (TPSA) is 78.1 Å². The van der Waals surface area contributed by atoms with Gasteiger partial charge in [0.15, 0.2) is 0 Å². The minimum atomic E-state index is -0.154. The van der Waals surface area contributed by atoms with Crippen LogP contribution in [-0.2, 0) is 11.2 Å². The standard InChI is InChI=1S/C20H28N4O2/c1-14-6-5-11-24(12-14)13-15(2)21-19(25)10-9-18-22-17-8-4-3-7-16(17)20(26)23-18/h3-4,7-8,14-15H,5-6,9-13H2,1-2H3,(H,21,25)(H,22,23,26)/t14-,15+/m0/s1. The molecule has 2 heterocycles. The van der Waals surface area contributed by atoms with E-state index in [9.17, 15) is 9.59 Å². The number of benzene rings is 1. The van der Waals surface area contributed by atoms with Crippen molar-refractivity contribution in [3.63, 3.8) is 0 Å². The Morgan fingerprint density at radius 1 is 1.42 bits per heavy atom. The SMILES string of the molecule is C[C@H]1CCCN(C[C@@H](C)NC(=O)CCc2nc3ccccc3c(=O)[nH]2)C1. The summed E-state index contributed by atoms with van der Waals surface area (Å²) >= 11 is 0. The summed E-state index contributed by atoms with van der Waals surface area (Å²) in [5.41, 5.74) is 0.512. The Bertz CT molecular complexity index is 817. The highest BCUT2D eigenvalue weighted by Gasteiger charge is 2.19. The Hall–Kier alpha value is -2.21. The van der Waals surface area contributed by atoms with Crippen molar-refractivity contribution in [3.8, 4) is 0 Å². The van der Waals surface area contributed by atoms with Crippen molar-refractivity contribution in [2.45, 2.75) is 45.6 Å². The number of aryl methyl sites for hydroxylation is 1. The molecule has 1 fully saturated rings. The number of hydrogen-bond acceptors (Lipinski definition) is 4. The molecule has 1 aromatic heterocycles. The van der Waals surface area contributed by atoms with E-state index in [1.54, 1.807) is 6.07 Å². The number of para-hydroxylation sites is 1. The van der Waals surface area contributed by atoms with Gasteiger partial charge in [-0.3, -0.25) is 9.59 Å². The number of hydrogen-bond donors (Lipinski definition) is 2. The average Bonchev–Trinajstić information content (AvgIpc) is 2.60. The molecule has 1 aromatic carbocycles. The molecule has 0 radical (unpaired) electrons. The summed E-state index contributed by atoms with van der Waals surface area (Å²) in [7, 11) is 0. The molecule has 26 heavy (non-hydrogen) atoms. The zero-order valence-corrected chi connectivity index (χ0v) is 15.6. The van der Waals surface area contributed by atoms with Gasteiger partial charge in [-0.2, -0.15) is 0 Å². The maximum Gasteiger partial charge on any atom is 0.258 e. The van der Waals surface area contributed by atoms with Gasteiger partial charge in [0.1, 0.15) is 5.82 Å². The maximum atomic E-state index is 12.2. The van der Waals surface area contributed by atoms with E-state index in [4.69, 9.17) is 0 Å². The van der Waals surface area contributed by atoms with E-state index in [0.717, 1.165) is 25.6 Å². The quantitative estimate of drug-likeness (QED) is 0.831. The first-order chi connectivity index (χ1) is 12.5. The second kappa shape index (κ2) is 8.45. The van der Waals surface area contributed by atoms with Crippen LogP contribution in [0.4, 0.5) is 0 Å². The van der Waals surface area contributed by atoms with Crippen LogP contribution in [0.1, 0.15) is 38.9 Å². The number of H-pyrrole nitrogens is 1. The van der Waals surface area contributed by atoms with Gasteiger partial charge in [0, 0.05) is 32.0 Å². The smallest absolute Gasteiger partial charge is 0.258 e. The van der Waals surface area contributed by atoms with Gasteiger partial charge in [-0.1, -0.05) is 19.1 Å². The monoisotopic (exact) mass is 356 g/mol. The van der Waals surface area contributed by atoms with Crippen molar-refractivity contribution >= 4 is 16.8 Å². The van der Waals surface area contributed by atoms with Crippen molar-refractivity contribution in [3.05, 3.63) is 40.4 Å². The molecular formula is C20H28N4O2. The Morgan fingerprint density at radius 3 is 3.04 bits per heavy atom. The van der Waals surface area contributed by atoms with Crippen LogP contribution in [0.3, 0.4) is 0 Å². The van der Waals surface area contributed by atoms with Crippen LogP contribution in [0, 0.1) is 5.92 Å². The van der Waals surface area contributed by atoms with Crippen LogP contribution in [0.2, 0.25) is 0 Å². The third-order valence-corrected chi connectivity index (χ3v) is 4.93. The zero-order chi connectivity index (χ0) is 18.5. The lowest BCUT2D eigenvalue weighted by atomic mass is 10.00. The molecule has 0 spiro atoms. The molecule has 3 rings (SSSR count). The fraction of sp³-hybridized carbons (Fsp3) is 0.550. The molecule has 1 amide bonds. The van der Waals surface area contributed by atoms with Gasteiger partial charge in [-0.25, -0.2) is 4.98 Å². The number of nitrogens with zero attached hydrogens (tertiary/aromatic N) is 2. The first kappa shape index (κ1) is 18.6. The predicted octanol–water partition coefficient (Wildman–Crippen LogP) is 2.09. The van der Waals surface area contributed by atoms with E-state index in [2.05, 4.69) is 27.1 Å². The second-order valence-electron chi connectivity index (χ2n) is 7.51. The minimum Gasteiger partial charge on any atom is -0.352 e. The summed E-state index contributed by atoms with van der Waals surface area (Å²) in [6.07, 6.45) is 3.29. The highest BCUT2D eigenvalue weighted by atomic mass is 16.1. The third kappa shape index (κ3) is 4.91. The fourth-order valence-corrected chi connectivity index (χ4v) is 3.72. The average molecular weight is 356 g/mol. The molecule has 140 valence electrons. The normalized spacial score (nSPS) is 19.4. The van der Waals surface area contributed by atoms with Gasteiger partial charge in [-0.05, 0) is 44.4 Å². The molecule has 0 unspecified atom stereocenters. The summed E-state index contributed by atoms with van der Waals surface area (Å²) in [4.78, 5) is 34.0. The van der Waals surface area contributed by atoms with Gasteiger partial charge >= 0.3 is 0 Å². The van der Waals surface area contributed by atoms with Crippen LogP contribution in [0.25, 0.3) is 10.9 Å². The van der Waals surface area contributed by atoms with E-state index in [-0.39, 0.29) is 17.5 Å². The van der Waals surface area contributed by atoms with Crippen molar-refractivity contribution in [2.75, 3.05) is 19.6 Å². The number of fused-ring (bicyclic) bond motifs is 1. The summed E-state index contributed by atoms with van der Waals surface area (Å²) in [5.74, 6) is 1.29. The number of rotatable bonds is 6. The second-order valence-corrected chi connectivity index (χ2v) is 7.51. The summed E-state index contributed by atoms with van der Waals surface area (Å²) in [5, 5.41) is 3.64. The number of nitrogens with one attached hydrogen (secondary N) is 2. The Labute approximate surface area is 154 Å². The number of aromatic nitrogens is 2. The molecule has 6 nitrogen and oxygen atoms in total. The van der Waals surface area contributed by atoms with Gasteiger partial charge in [0.25, 0.3) is 5.56 Å². The molecule has 2 aromatic rings. The lowest BCUT2D eigenvalue weighted by Crippen LogP contribution is -2.45. The Morgan fingerprint density at radius 2 is 2.23 bits per heavy atom. The van der Waals surface area contributed by atoms with E-state index in [0.29, 0.717) is 29.6 Å². The molecule has 1 aliphatic rings. The number of piperidine rings is 1. The first-order valence-electron chi connectivity index (χ1n) is 9.51.